The molecule has 1 saturated carbocycles. The average molecular weight is 591 g/mol. The molecule has 0 spiro atoms. The molecule has 0 heterocycles. The summed E-state index contributed by atoms with van der Waals surface area (Å²) in [5, 5.41) is 3.27. The molecule has 0 bridgehead atoms. The number of para-hydroxylation sites is 1. The maximum Gasteiger partial charge on any atom is 0.328 e. The molecule has 4 aromatic carbocycles. The van der Waals surface area contributed by atoms with Gasteiger partial charge >= 0.3 is 5.97 Å². The topological polar surface area (TPSA) is 67.9 Å². The number of ether oxygens (including phenoxy) is 2. The molecule has 6 heteroatoms. The molecule has 0 saturated heterocycles. The molecule has 6 nitrogen and oxygen atoms in total. The van der Waals surface area contributed by atoms with Gasteiger partial charge in [0.25, 0.3) is 0 Å². The highest BCUT2D eigenvalue weighted by Gasteiger charge is 2.23. The van der Waals surface area contributed by atoms with Gasteiger partial charge in [-0.2, -0.15) is 0 Å². The lowest BCUT2D eigenvalue weighted by molar-refractivity contribution is -0.141. The first kappa shape index (κ1) is 30.9. The molecule has 1 N–H and O–H groups in total. The number of esters is 1. The zero-order valence-electron chi connectivity index (χ0n) is 25.7. The van der Waals surface area contributed by atoms with Crippen LogP contribution in [0.5, 0.6) is 5.75 Å². The van der Waals surface area contributed by atoms with Crippen LogP contribution < -0.4 is 15.0 Å². The second-order valence-electron chi connectivity index (χ2n) is 11.6. The maximum absolute atomic E-state index is 13.2. The van der Waals surface area contributed by atoms with Crippen molar-refractivity contribution in [3.8, 4) is 5.75 Å². The number of benzene rings is 4. The van der Waals surface area contributed by atoms with Crippen molar-refractivity contribution >= 4 is 23.1 Å². The Balaban J connectivity index is 1.17. The van der Waals surface area contributed by atoms with Gasteiger partial charge in [0.2, 0.25) is 0 Å². The van der Waals surface area contributed by atoms with Gasteiger partial charge in [-0.15, -0.1) is 0 Å². The van der Waals surface area contributed by atoms with E-state index in [1.807, 2.05) is 60.7 Å². The van der Waals surface area contributed by atoms with Gasteiger partial charge in [0.15, 0.2) is 5.78 Å². The summed E-state index contributed by atoms with van der Waals surface area (Å²) < 4.78 is 11.2. The molecule has 0 radical (unpaired) electrons. The van der Waals surface area contributed by atoms with Crippen molar-refractivity contribution in [2.24, 2.45) is 5.92 Å². The summed E-state index contributed by atoms with van der Waals surface area (Å²) in [7, 11) is 1.38. The second-order valence-corrected chi connectivity index (χ2v) is 11.6. The molecule has 228 valence electrons. The van der Waals surface area contributed by atoms with Crippen LogP contribution in [-0.4, -0.2) is 44.6 Å². The highest BCUT2D eigenvalue weighted by atomic mass is 16.5. The summed E-state index contributed by atoms with van der Waals surface area (Å²) in [5.41, 5.74) is 5.22. The standard InChI is InChI=1S/C38H42N2O4/c1-28-11-8-16-32(25-28)40(27-30-12-9-13-30)23-10-24-44-33-21-19-29(20-22-33)26-36(38(42)43-2)39-35-18-7-6-17-34(35)37(41)31-14-4-3-5-15-31/h3-8,11,14-22,25,30,36,39H,9-10,12-13,23-24,26-27H2,1-2H3/t36-/m0/s1. The first-order chi connectivity index (χ1) is 21.5. The van der Waals surface area contributed by atoms with E-state index in [4.69, 9.17) is 9.47 Å². The van der Waals surface area contributed by atoms with Crippen molar-refractivity contribution in [3.05, 3.63) is 125 Å². The molecule has 1 aliphatic rings. The number of carbonyl (C=O) groups is 2. The SMILES string of the molecule is COC(=O)[C@H](Cc1ccc(OCCCN(CC2CCC2)c2cccc(C)c2)cc1)Nc1ccccc1C(=O)c1ccccc1. The van der Waals surface area contributed by atoms with Crippen LogP contribution in [0.25, 0.3) is 0 Å². The first-order valence-corrected chi connectivity index (χ1v) is 15.6. The molecular weight excluding hydrogens is 548 g/mol. The van der Waals surface area contributed by atoms with Gasteiger partial charge in [-0.25, -0.2) is 4.79 Å². The van der Waals surface area contributed by atoms with E-state index in [9.17, 15) is 9.59 Å². The Bertz CT molecular complexity index is 1520. The molecule has 0 aromatic heterocycles. The third-order valence-electron chi connectivity index (χ3n) is 8.30. The highest BCUT2D eigenvalue weighted by molar-refractivity contribution is 6.12. The average Bonchev–Trinajstić information content (AvgIpc) is 3.04. The lowest BCUT2D eigenvalue weighted by atomic mass is 9.85. The zero-order valence-corrected chi connectivity index (χ0v) is 25.7. The van der Waals surface area contributed by atoms with Gasteiger partial charge < -0.3 is 19.7 Å². The lowest BCUT2D eigenvalue weighted by Crippen LogP contribution is -2.34. The first-order valence-electron chi connectivity index (χ1n) is 15.6. The van der Waals surface area contributed by atoms with Crippen LogP contribution in [0.4, 0.5) is 11.4 Å². The minimum absolute atomic E-state index is 0.108. The van der Waals surface area contributed by atoms with Crippen LogP contribution >= 0.6 is 0 Å². The number of ketones is 1. The fourth-order valence-electron chi connectivity index (χ4n) is 5.62. The smallest absolute Gasteiger partial charge is 0.328 e. The van der Waals surface area contributed by atoms with E-state index >= 15 is 0 Å². The summed E-state index contributed by atoms with van der Waals surface area (Å²) in [6.07, 6.45) is 5.33. The normalized spacial score (nSPS) is 13.4. The largest absolute Gasteiger partial charge is 0.494 e. The third kappa shape index (κ3) is 8.28. The zero-order chi connectivity index (χ0) is 30.7. The van der Waals surface area contributed by atoms with Crippen LogP contribution in [-0.2, 0) is 16.0 Å². The van der Waals surface area contributed by atoms with Gasteiger partial charge in [-0.05, 0) is 79.6 Å². The van der Waals surface area contributed by atoms with Gasteiger partial charge in [0, 0.05) is 42.0 Å². The Labute approximate surface area is 261 Å². The number of anilines is 2. The Morgan fingerprint density at radius 1 is 0.909 bits per heavy atom. The Morgan fingerprint density at radius 2 is 1.66 bits per heavy atom. The van der Waals surface area contributed by atoms with Crippen LogP contribution in [0.2, 0.25) is 0 Å². The van der Waals surface area contributed by atoms with E-state index in [1.165, 1.54) is 37.6 Å². The fourth-order valence-corrected chi connectivity index (χ4v) is 5.62. The molecular formula is C38H42N2O4. The number of hydrogen-bond acceptors (Lipinski definition) is 6. The van der Waals surface area contributed by atoms with Gasteiger partial charge in [0.05, 0.1) is 13.7 Å². The van der Waals surface area contributed by atoms with Crippen LogP contribution in [0.3, 0.4) is 0 Å². The summed E-state index contributed by atoms with van der Waals surface area (Å²) in [6.45, 7) is 4.84. The maximum atomic E-state index is 13.2. The molecule has 1 aliphatic carbocycles. The van der Waals surface area contributed by atoms with Gasteiger partial charge in [0.1, 0.15) is 11.8 Å². The van der Waals surface area contributed by atoms with E-state index in [2.05, 4.69) is 41.4 Å². The molecule has 44 heavy (non-hydrogen) atoms. The number of nitrogens with zero attached hydrogens (tertiary/aromatic N) is 1. The quantitative estimate of drug-likeness (QED) is 0.0879. The van der Waals surface area contributed by atoms with E-state index < -0.39 is 12.0 Å². The van der Waals surface area contributed by atoms with E-state index in [1.54, 1.807) is 18.2 Å². The van der Waals surface area contributed by atoms with Crippen LogP contribution in [0.1, 0.15) is 52.7 Å². The predicted molar refractivity (Wildman–Crippen MR) is 177 cm³/mol. The van der Waals surface area contributed by atoms with Gasteiger partial charge in [-0.1, -0.05) is 73.2 Å². The minimum atomic E-state index is -0.667. The number of aryl methyl sites for hydroxylation is 1. The van der Waals surface area contributed by atoms with Gasteiger partial charge in [-0.3, -0.25) is 4.79 Å². The predicted octanol–water partition coefficient (Wildman–Crippen LogP) is 7.50. The lowest BCUT2D eigenvalue weighted by Gasteiger charge is -2.34. The summed E-state index contributed by atoms with van der Waals surface area (Å²) in [6, 6.07) is 32.3. The molecule has 0 unspecified atom stereocenters. The third-order valence-corrected chi connectivity index (χ3v) is 8.30. The van der Waals surface area contributed by atoms with E-state index in [-0.39, 0.29) is 5.78 Å². The molecule has 0 aliphatic heterocycles. The minimum Gasteiger partial charge on any atom is -0.494 e. The van der Waals surface area contributed by atoms with Crippen molar-refractivity contribution in [2.45, 2.75) is 45.1 Å². The van der Waals surface area contributed by atoms with E-state index in [0.717, 1.165) is 36.7 Å². The molecule has 1 atom stereocenters. The monoisotopic (exact) mass is 590 g/mol. The van der Waals surface area contributed by atoms with E-state index in [0.29, 0.717) is 29.8 Å². The van der Waals surface area contributed by atoms with Crippen molar-refractivity contribution in [1.82, 2.24) is 0 Å². The number of nitrogens with one attached hydrogen (secondary N) is 1. The Kier molecular flexibility index (Phi) is 10.7. The summed E-state index contributed by atoms with van der Waals surface area (Å²) in [5.74, 6) is 1.09. The van der Waals surface area contributed by atoms with Crippen molar-refractivity contribution in [3.63, 3.8) is 0 Å². The van der Waals surface area contributed by atoms with Crippen LogP contribution in [0.15, 0.2) is 103 Å². The van der Waals surface area contributed by atoms with Crippen molar-refractivity contribution < 1.29 is 19.1 Å². The molecule has 4 aromatic rings. The summed E-state index contributed by atoms with van der Waals surface area (Å²) >= 11 is 0. The fraction of sp³-hybridized carbons (Fsp3) is 0.316. The second kappa shape index (κ2) is 15.2. The highest BCUT2D eigenvalue weighted by Crippen LogP contribution is 2.29. The number of rotatable bonds is 15. The number of carbonyl (C=O) groups excluding carboxylic acids is 2. The Morgan fingerprint density at radius 3 is 2.36 bits per heavy atom. The summed E-state index contributed by atoms with van der Waals surface area (Å²) in [4.78, 5) is 28.5. The Hall–Kier alpha value is -4.58. The van der Waals surface area contributed by atoms with Crippen molar-refractivity contribution in [1.29, 1.82) is 0 Å². The van der Waals surface area contributed by atoms with Crippen LogP contribution in [0, 0.1) is 12.8 Å². The molecule has 0 amide bonds. The molecule has 1 fully saturated rings. The molecule has 5 rings (SSSR count). The number of hydrogen-bond donors (Lipinski definition) is 1. The van der Waals surface area contributed by atoms with Crippen molar-refractivity contribution in [2.75, 3.05) is 37.0 Å². The number of methoxy groups -OCH3 is 1.